The van der Waals surface area contributed by atoms with Gasteiger partial charge in [-0.1, -0.05) is 6.92 Å². The second kappa shape index (κ2) is 16.4. The number of carbonyl (C=O) groups is 1. The molecule has 11 nitrogen and oxygen atoms in total. The minimum atomic E-state index is -4.14. The van der Waals surface area contributed by atoms with Gasteiger partial charge in [0.1, 0.15) is 17.4 Å². The highest BCUT2D eigenvalue weighted by Crippen LogP contribution is 2.30. The molecule has 4 rings (SSSR count). The van der Waals surface area contributed by atoms with Gasteiger partial charge in [0.25, 0.3) is 15.9 Å². The number of sulfonamides is 2. The molecule has 0 aliphatic carbocycles. The average molecular weight is 724 g/mol. The fourth-order valence-electron chi connectivity index (χ4n) is 5.41. The van der Waals surface area contributed by atoms with Gasteiger partial charge < -0.3 is 19.5 Å². The Balaban J connectivity index is 1.67. The summed E-state index contributed by atoms with van der Waals surface area (Å²) in [5, 5.41) is 10.2. The van der Waals surface area contributed by atoms with Crippen molar-refractivity contribution < 1.29 is 45.0 Å². The highest BCUT2D eigenvalue weighted by Gasteiger charge is 2.32. The van der Waals surface area contributed by atoms with E-state index >= 15 is 0 Å². The van der Waals surface area contributed by atoms with Gasteiger partial charge in [-0.25, -0.2) is 25.6 Å². The fourth-order valence-corrected chi connectivity index (χ4v) is 7.65. The van der Waals surface area contributed by atoms with Crippen LogP contribution in [0.1, 0.15) is 50.4 Å². The molecule has 4 atom stereocenters. The highest BCUT2D eigenvalue weighted by molar-refractivity contribution is 7.92. The first-order valence-corrected chi connectivity index (χ1v) is 18.9. The van der Waals surface area contributed by atoms with Crippen LogP contribution in [0, 0.1) is 17.6 Å². The molecular weight excluding hydrogens is 681 g/mol. The molecule has 2 N–H and O–H groups in total. The monoisotopic (exact) mass is 723 g/mol. The Kier molecular flexibility index (Phi) is 12.8. The third-order valence-electron chi connectivity index (χ3n) is 8.39. The molecule has 49 heavy (non-hydrogen) atoms. The number of aliphatic hydroxyl groups excluding tert-OH is 1. The molecule has 0 saturated carbocycles. The number of anilines is 1. The van der Waals surface area contributed by atoms with Crippen LogP contribution in [0.15, 0.2) is 76.5 Å². The lowest BCUT2D eigenvalue weighted by molar-refractivity contribution is -0.00834. The number of carbonyl (C=O) groups excluding carboxylic acids is 1. The van der Waals surface area contributed by atoms with Crippen molar-refractivity contribution in [1.82, 2.24) is 9.21 Å². The van der Waals surface area contributed by atoms with Crippen molar-refractivity contribution in [2.75, 3.05) is 38.1 Å². The lowest BCUT2D eigenvalue weighted by atomic mass is 10.0. The van der Waals surface area contributed by atoms with Gasteiger partial charge in [0.15, 0.2) is 0 Å². The van der Waals surface area contributed by atoms with E-state index in [0.29, 0.717) is 25.9 Å². The quantitative estimate of drug-likeness (QED) is 0.318. The van der Waals surface area contributed by atoms with E-state index in [0.717, 1.165) is 40.7 Å². The van der Waals surface area contributed by atoms with Crippen molar-refractivity contribution in [3.63, 3.8) is 0 Å². The first-order chi connectivity index (χ1) is 23.1. The molecule has 1 aliphatic rings. The molecule has 268 valence electrons. The Hall–Kier alpha value is -3.63. The molecule has 1 amide bonds. The summed E-state index contributed by atoms with van der Waals surface area (Å²) < 4.78 is 95.8. The smallest absolute Gasteiger partial charge is 0.261 e. The molecule has 3 aromatic carbocycles. The molecule has 1 heterocycles. The van der Waals surface area contributed by atoms with E-state index in [2.05, 4.69) is 4.72 Å². The Morgan fingerprint density at radius 2 is 1.57 bits per heavy atom. The van der Waals surface area contributed by atoms with E-state index in [1.807, 2.05) is 13.8 Å². The third kappa shape index (κ3) is 9.75. The summed E-state index contributed by atoms with van der Waals surface area (Å²) in [7, 11) is -6.73. The summed E-state index contributed by atoms with van der Waals surface area (Å²) >= 11 is 0. The molecule has 0 unspecified atom stereocenters. The number of likely N-dealkylation sites (N-methyl/N-ethyl adjacent to an activating group) is 1. The largest absolute Gasteiger partial charge is 0.490 e. The van der Waals surface area contributed by atoms with Crippen LogP contribution in [0.5, 0.6) is 5.75 Å². The minimum Gasteiger partial charge on any atom is -0.490 e. The van der Waals surface area contributed by atoms with Crippen LogP contribution in [0.25, 0.3) is 0 Å². The predicted octanol–water partition coefficient (Wildman–Crippen LogP) is 4.88. The van der Waals surface area contributed by atoms with E-state index in [4.69, 9.17) is 9.47 Å². The minimum absolute atomic E-state index is 0.0379. The number of halogens is 2. The number of ether oxygens (including phenoxy) is 2. The summed E-state index contributed by atoms with van der Waals surface area (Å²) in [5.41, 5.74) is 0.108. The van der Waals surface area contributed by atoms with Crippen molar-refractivity contribution in [2.24, 2.45) is 5.92 Å². The van der Waals surface area contributed by atoms with E-state index in [1.54, 1.807) is 6.92 Å². The Morgan fingerprint density at radius 3 is 2.18 bits per heavy atom. The van der Waals surface area contributed by atoms with Gasteiger partial charge >= 0.3 is 0 Å². The first-order valence-electron chi connectivity index (χ1n) is 16.0. The number of hydrogen-bond acceptors (Lipinski definition) is 8. The van der Waals surface area contributed by atoms with Gasteiger partial charge in [0.05, 0.1) is 40.2 Å². The van der Waals surface area contributed by atoms with Gasteiger partial charge in [-0.15, -0.1) is 0 Å². The van der Waals surface area contributed by atoms with Gasteiger partial charge in [0.2, 0.25) is 10.0 Å². The van der Waals surface area contributed by atoms with Crippen LogP contribution in [0.2, 0.25) is 0 Å². The van der Waals surface area contributed by atoms with Crippen LogP contribution in [0.3, 0.4) is 0 Å². The van der Waals surface area contributed by atoms with Gasteiger partial charge in [0, 0.05) is 38.3 Å². The molecule has 0 saturated heterocycles. The molecular formula is C34H43F2N3O8S2. The topological polar surface area (TPSA) is 143 Å². The summed E-state index contributed by atoms with van der Waals surface area (Å²) in [6.45, 7) is 5.21. The number of rotatable bonds is 9. The van der Waals surface area contributed by atoms with Gasteiger partial charge in [-0.05, 0) is 99.8 Å². The van der Waals surface area contributed by atoms with E-state index in [9.17, 15) is 35.5 Å². The van der Waals surface area contributed by atoms with E-state index < -0.39 is 62.3 Å². The predicted molar refractivity (Wildman–Crippen MR) is 180 cm³/mol. The molecule has 3 aromatic rings. The van der Waals surface area contributed by atoms with Crippen LogP contribution in [-0.2, 0) is 24.8 Å². The molecule has 0 bridgehead atoms. The maximum atomic E-state index is 14.3. The summed E-state index contributed by atoms with van der Waals surface area (Å²) in [6, 6.07) is 12.5. The lowest BCUT2D eigenvalue weighted by Gasteiger charge is -2.35. The maximum absolute atomic E-state index is 14.3. The maximum Gasteiger partial charge on any atom is 0.261 e. The standard InChI is InChI=1S/C34H43F2N3O8S2/c1-23-20-39(24(2)22-40)34(41)31-19-28(37-48(42,43)29-13-8-26(35)9-14-29)12-17-32(31)47-25(3)7-5-6-18-46-33(23)21-38(4)49(44,45)30-15-10-27(36)11-16-30/h8-17,19,23-25,33,37,40H,5-7,18,20-22H2,1-4H3/t23-,24-,25-,33+/m1/s1. The van der Waals surface area contributed by atoms with Crippen LogP contribution < -0.4 is 9.46 Å². The number of nitrogens with one attached hydrogen (secondary N) is 1. The van der Waals surface area contributed by atoms with Crippen molar-refractivity contribution in [1.29, 1.82) is 0 Å². The summed E-state index contributed by atoms with van der Waals surface area (Å²) in [5.74, 6) is -1.94. The first kappa shape index (κ1) is 38.2. The molecule has 1 aliphatic heterocycles. The zero-order valence-corrected chi connectivity index (χ0v) is 29.5. The highest BCUT2D eigenvalue weighted by atomic mass is 32.2. The zero-order valence-electron chi connectivity index (χ0n) is 27.9. The molecule has 0 aromatic heterocycles. The number of benzene rings is 3. The van der Waals surface area contributed by atoms with Gasteiger partial charge in [-0.3, -0.25) is 9.52 Å². The van der Waals surface area contributed by atoms with E-state index in [-0.39, 0.29) is 46.0 Å². The Labute approximate surface area is 286 Å². The van der Waals surface area contributed by atoms with Crippen molar-refractivity contribution in [3.05, 3.63) is 83.9 Å². The molecule has 0 fully saturated rings. The van der Waals surface area contributed by atoms with Crippen LogP contribution >= 0.6 is 0 Å². The Bertz CT molecular complexity index is 1790. The number of nitrogens with zero attached hydrogens (tertiary/aromatic N) is 2. The van der Waals surface area contributed by atoms with Gasteiger partial charge in [-0.2, -0.15) is 4.31 Å². The van der Waals surface area contributed by atoms with Crippen molar-refractivity contribution in [2.45, 2.75) is 68.1 Å². The lowest BCUT2D eigenvalue weighted by Crippen LogP contribution is -2.48. The van der Waals surface area contributed by atoms with Crippen LogP contribution in [0.4, 0.5) is 14.5 Å². The van der Waals surface area contributed by atoms with Crippen molar-refractivity contribution >= 4 is 31.6 Å². The number of hydrogen-bond donors (Lipinski definition) is 2. The average Bonchev–Trinajstić information content (AvgIpc) is 3.06. The second-order valence-corrected chi connectivity index (χ2v) is 16.0. The Morgan fingerprint density at radius 1 is 0.959 bits per heavy atom. The number of amides is 1. The molecule has 0 spiro atoms. The molecule has 15 heteroatoms. The van der Waals surface area contributed by atoms with Crippen molar-refractivity contribution in [3.8, 4) is 5.75 Å². The third-order valence-corrected chi connectivity index (χ3v) is 11.6. The number of aliphatic hydroxyl groups is 1. The number of fused-ring (bicyclic) bond motifs is 1. The SMILES string of the molecule is C[C@@H]1CCCCO[C@@H](CN(C)S(=O)(=O)c2ccc(F)cc2)[C@H](C)CN([C@H](C)CO)C(=O)c2cc(NS(=O)(=O)c3ccc(F)cc3)ccc2O1. The summed E-state index contributed by atoms with van der Waals surface area (Å²) in [6.07, 6.45) is 0.954. The molecule has 0 radical (unpaired) electrons. The fraction of sp³-hybridized carbons (Fsp3) is 0.441. The summed E-state index contributed by atoms with van der Waals surface area (Å²) in [4.78, 5) is 15.5. The normalized spacial score (nSPS) is 20.6. The second-order valence-electron chi connectivity index (χ2n) is 12.3. The van der Waals surface area contributed by atoms with E-state index in [1.165, 1.54) is 42.3 Å². The zero-order chi connectivity index (χ0) is 35.9. The van der Waals surface area contributed by atoms with Crippen LogP contribution in [-0.4, -0.2) is 88.7 Å².